The number of hydrogen-bond donors (Lipinski definition) is 1. The summed E-state index contributed by atoms with van der Waals surface area (Å²) in [7, 11) is 0. The van der Waals surface area contributed by atoms with Crippen molar-refractivity contribution in [3.63, 3.8) is 0 Å². The largest absolute Gasteiger partial charge is 0.296 e. The first-order valence-corrected chi connectivity index (χ1v) is 6.82. The van der Waals surface area contributed by atoms with Gasteiger partial charge in [0.15, 0.2) is 0 Å². The third-order valence-corrected chi connectivity index (χ3v) is 3.46. The van der Waals surface area contributed by atoms with Crippen LogP contribution in [0.25, 0.3) is 0 Å². The van der Waals surface area contributed by atoms with E-state index in [4.69, 9.17) is 4.84 Å². The first-order valence-electron chi connectivity index (χ1n) is 6.03. The molecule has 0 aromatic heterocycles. The average Bonchev–Trinajstić information content (AvgIpc) is 2.39. The molecule has 1 atom stereocenters. The number of hydrogen-bond acceptors (Lipinski definition) is 2. The van der Waals surface area contributed by atoms with Gasteiger partial charge in [0.1, 0.15) is 5.82 Å². The molecule has 0 heterocycles. The topological polar surface area (TPSA) is 21.3 Å². The Balaban J connectivity index is 1.89. The Morgan fingerprint density at radius 1 is 1.21 bits per heavy atom. The molecule has 19 heavy (non-hydrogen) atoms. The maximum absolute atomic E-state index is 13.0. The molecular weight excluding hydrogens is 309 g/mol. The van der Waals surface area contributed by atoms with Gasteiger partial charge in [0.2, 0.25) is 0 Å². The molecule has 1 unspecified atom stereocenters. The number of rotatable bonds is 5. The Morgan fingerprint density at radius 3 is 2.63 bits per heavy atom. The van der Waals surface area contributed by atoms with Gasteiger partial charge in [0, 0.05) is 4.47 Å². The molecule has 0 radical (unpaired) electrons. The van der Waals surface area contributed by atoms with Crippen LogP contribution < -0.4 is 5.48 Å². The van der Waals surface area contributed by atoms with Gasteiger partial charge in [0.05, 0.1) is 12.6 Å². The van der Waals surface area contributed by atoms with Crippen LogP contribution in [-0.2, 0) is 11.4 Å². The van der Waals surface area contributed by atoms with Crippen LogP contribution in [0.15, 0.2) is 53.0 Å². The van der Waals surface area contributed by atoms with Crippen LogP contribution in [0.4, 0.5) is 4.39 Å². The molecule has 0 fully saturated rings. The third kappa shape index (κ3) is 4.13. The lowest BCUT2D eigenvalue weighted by atomic mass is 10.1. The fraction of sp³-hybridized carbons (Fsp3) is 0.200. The van der Waals surface area contributed by atoms with Crippen molar-refractivity contribution in [2.24, 2.45) is 0 Å². The van der Waals surface area contributed by atoms with Crippen molar-refractivity contribution in [2.75, 3.05) is 0 Å². The minimum Gasteiger partial charge on any atom is -0.296 e. The van der Waals surface area contributed by atoms with Gasteiger partial charge in [-0.1, -0.05) is 52.3 Å². The third-order valence-electron chi connectivity index (χ3n) is 2.77. The maximum atomic E-state index is 13.0. The summed E-state index contributed by atoms with van der Waals surface area (Å²) in [6.45, 7) is 2.45. The molecule has 0 saturated carbocycles. The van der Waals surface area contributed by atoms with Gasteiger partial charge in [-0.25, -0.2) is 4.39 Å². The minimum absolute atomic E-state index is 0.0290. The summed E-state index contributed by atoms with van der Waals surface area (Å²) in [6.07, 6.45) is 0. The van der Waals surface area contributed by atoms with E-state index in [-0.39, 0.29) is 11.9 Å². The second-order valence-electron chi connectivity index (χ2n) is 4.28. The van der Waals surface area contributed by atoms with Gasteiger partial charge in [0.25, 0.3) is 0 Å². The molecule has 4 heteroatoms. The summed E-state index contributed by atoms with van der Waals surface area (Å²) in [4.78, 5) is 5.46. The first-order chi connectivity index (χ1) is 9.16. The van der Waals surface area contributed by atoms with Crippen LogP contribution in [0.3, 0.4) is 0 Å². The SMILES string of the molecule is CC(NOCc1ccccc1)c1ccc(F)cc1Br. The zero-order valence-electron chi connectivity index (χ0n) is 10.6. The molecule has 0 amide bonds. The highest BCUT2D eigenvalue weighted by Gasteiger charge is 2.09. The molecule has 0 saturated heterocycles. The Bertz CT molecular complexity index is 533. The Kier molecular flexibility index (Phi) is 5.07. The molecule has 0 aliphatic heterocycles. The van der Waals surface area contributed by atoms with Crippen molar-refractivity contribution in [3.05, 3.63) is 69.9 Å². The van der Waals surface area contributed by atoms with Crippen molar-refractivity contribution in [3.8, 4) is 0 Å². The van der Waals surface area contributed by atoms with E-state index >= 15 is 0 Å². The molecule has 1 N–H and O–H groups in total. The van der Waals surface area contributed by atoms with Crippen molar-refractivity contribution >= 4 is 15.9 Å². The predicted molar refractivity (Wildman–Crippen MR) is 76.9 cm³/mol. The fourth-order valence-electron chi connectivity index (χ4n) is 1.74. The van der Waals surface area contributed by atoms with Crippen LogP contribution in [-0.4, -0.2) is 0 Å². The van der Waals surface area contributed by atoms with Crippen LogP contribution in [0, 0.1) is 5.82 Å². The number of hydroxylamine groups is 1. The van der Waals surface area contributed by atoms with E-state index in [0.29, 0.717) is 6.61 Å². The van der Waals surface area contributed by atoms with Crippen LogP contribution >= 0.6 is 15.9 Å². The molecule has 0 aliphatic rings. The van der Waals surface area contributed by atoms with Gasteiger partial charge >= 0.3 is 0 Å². The lowest BCUT2D eigenvalue weighted by Crippen LogP contribution is -2.19. The molecule has 0 aliphatic carbocycles. The van der Waals surface area contributed by atoms with E-state index in [1.54, 1.807) is 6.07 Å². The van der Waals surface area contributed by atoms with E-state index in [1.165, 1.54) is 12.1 Å². The van der Waals surface area contributed by atoms with Crippen molar-refractivity contribution in [1.82, 2.24) is 5.48 Å². The summed E-state index contributed by atoms with van der Waals surface area (Å²) >= 11 is 3.35. The summed E-state index contributed by atoms with van der Waals surface area (Å²) < 4.78 is 13.7. The fourth-order valence-corrected chi connectivity index (χ4v) is 2.43. The van der Waals surface area contributed by atoms with E-state index in [9.17, 15) is 4.39 Å². The quantitative estimate of drug-likeness (QED) is 0.825. The molecular formula is C15H15BrFNO. The number of nitrogens with one attached hydrogen (secondary N) is 1. The van der Waals surface area contributed by atoms with Crippen molar-refractivity contribution in [1.29, 1.82) is 0 Å². The Morgan fingerprint density at radius 2 is 1.95 bits per heavy atom. The lowest BCUT2D eigenvalue weighted by molar-refractivity contribution is 0.00683. The second-order valence-corrected chi connectivity index (χ2v) is 5.13. The smallest absolute Gasteiger partial charge is 0.124 e. The molecule has 2 aromatic rings. The zero-order chi connectivity index (χ0) is 13.7. The summed E-state index contributed by atoms with van der Waals surface area (Å²) in [5.41, 5.74) is 5.01. The standard InChI is InChI=1S/C15H15BrFNO/c1-11(14-8-7-13(17)9-15(14)16)18-19-10-12-5-3-2-4-6-12/h2-9,11,18H,10H2,1H3. The van der Waals surface area contributed by atoms with E-state index in [1.807, 2.05) is 37.3 Å². The summed E-state index contributed by atoms with van der Waals surface area (Å²) in [6, 6.07) is 14.5. The van der Waals surface area contributed by atoms with Gasteiger partial charge in [-0.2, -0.15) is 5.48 Å². The highest BCUT2D eigenvalue weighted by atomic mass is 79.9. The Hall–Kier alpha value is -1.23. The van der Waals surface area contributed by atoms with Crippen LogP contribution in [0.1, 0.15) is 24.1 Å². The minimum atomic E-state index is -0.256. The van der Waals surface area contributed by atoms with Crippen LogP contribution in [0.2, 0.25) is 0 Å². The van der Waals surface area contributed by atoms with E-state index < -0.39 is 0 Å². The first kappa shape index (κ1) is 14.2. The normalized spacial score (nSPS) is 12.4. The van der Waals surface area contributed by atoms with Gasteiger partial charge < -0.3 is 0 Å². The van der Waals surface area contributed by atoms with Crippen LogP contribution in [0.5, 0.6) is 0 Å². The highest BCUT2D eigenvalue weighted by Crippen LogP contribution is 2.24. The van der Waals surface area contributed by atoms with Gasteiger partial charge in [-0.05, 0) is 30.2 Å². The molecule has 2 aromatic carbocycles. The average molecular weight is 324 g/mol. The molecule has 2 nitrogen and oxygen atoms in total. The lowest BCUT2D eigenvalue weighted by Gasteiger charge is -2.15. The van der Waals surface area contributed by atoms with Gasteiger partial charge in [-0.15, -0.1) is 0 Å². The number of halogens is 2. The monoisotopic (exact) mass is 323 g/mol. The van der Waals surface area contributed by atoms with Gasteiger partial charge in [-0.3, -0.25) is 4.84 Å². The maximum Gasteiger partial charge on any atom is 0.124 e. The Labute approximate surface area is 120 Å². The highest BCUT2D eigenvalue weighted by molar-refractivity contribution is 9.10. The molecule has 2 rings (SSSR count). The molecule has 100 valence electrons. The van der Waals surface area contributed by atoms with Crippen molar-refractivity contribution in [2.45, 2.75) is 19.6 Å². The second kappa shape index (κ2) is 6.80. The van der Waals surface area contributed by atoms with E-state index in [2.05, 4.69) is 21.4 Å². The molecule has 0 bridgehead atoms. The van der Waals surface area contributed by atoms with E-state index in [0.717, 1.165) is 15.6 Å². The molecule has 0 spiro atoms. The zero-order valence-corrected chi connectivity index (χ0v) is 12.2. The predicted octanol–water partition coefficient (Wildman–Crippen LogP) is 4.37. The summed E-state index contributed by atoms with van der Waals surface area (Å²) in [5.74, 6) is -0.256. The number of benzene rings is 2. The summed E-state index contributed by atoms with van der Waals surface area (Å²) in [5, 5.41) is 0. The van der Waals surface area contributed by atoms with Crippen molar-refractivity contribution < 1.29 is 9.23 Å².